The number of para-hydroxylation sites is 1. The first-order chi connectivity index (χ1) is 15.5. The summed E-state index contributed by atoms with van der Waals surface area (Å²) in [5.74, 6) is 0.434. The number of pyridine rings is 1. The van der Waals surface area contributed by atoms with Crippen molar-refractivity contribution >= 4 is 29.4 Å². The van der Waals surface area contributed by atoms with Crippen LogP contribution in [-0.4, -0.2) is 37.2 Å². The Bertz CT molecular complexity index is 1190. The van der Waals surface area contributed by atoms with Crippen LogP contribution in [0.25, 0.3) is 0 Å². The van der Waals surface area contributed by atoms with Crippen LogP contribution in [0.2, 0.25) is 0 Å². The number of hydrogen-bond donors (Lipinski definition) is 1. The topological polar surface area (TPSA) is 125 Å². The van der Waals surface area contributed by atoms with Crippen LogP contribution in [-0.2, 0) is 15.3 Å². The molecule has 0 radical (unpaired) electrons. The highest BCUT2D eigenvalue weighted by atomic mass is 32.2. The second-order valence-electron chi connectivity index (χ2n) is 6.92. The summed E-state index contributed by atoms with van der Waals surface area (Å²) < 4.78 is 6.76. The minimum absolute atomic E-state index is 0.111. The van der Waals surface area contributed by atoms with Gasteiger partial charge >= 0.3 is 5.97 Å². The molecule has 0 fully saturated rings. The number of thioether (sulfide) groups is 1. The van der Waals surface area contributed by atoms with Crippen molar-refractivity contribution in [2.24, 2.45) is 0 Å². The van der Waals surface area contributed by atoms with Crippen LogP contribution < -0.4 is 5.32 Å². The SMILES string of the molecule is CCOC(=O)C1=C(C)Nc2nc(SCc3cccnc3)nn2C1c1ccccc1[N+](=O)[O-]. The van der Waals surface area contributed by atoms with E-state index in [1.165, 1.54) is 22.5 Å². The van der Waals surface area contributed by atoms with Crippen LogP contribution in [0.15, 0.2) is 65.2 Å². The summed E-state index contributed by atoms with van der Waals surface area (Å²) in [6.45, 7) is 3.60. The Labute approximate surface area is 187 Å². The van der Waals surface area contributed by atoms with Crippen LogP contribution in [0, 0.1) is 10.1 Å². The summed E-state index contributed by atoms with van der Waals surface area (Å²) in [7, 11) is 0. The number of ether oxygens (including phenoxy) is 1. The first-order valence-corrected chi connectivity index (χ1v) is 10.8. The summed E-state index contributed by atoms with van der Waals surface area (Å²) in [4.78, 5) is 32.7. The molecule has 1 atom stereocenters. The zero-order valence-electron chi connectivity index (χ0n) is 17.4. The van der Waals surface area contributed by atoms with Gasteiger partial charge in [0.15, 0.2) is 0 Å². The molecule has 0 saturated heterocycles. The quantitative estimate of drug-likeness (QED) is 0.247. The van der Waals surface area contributed by atoms with E-state index in [1.807, 2.05) is 12.1 Å². The molecule has 1 N–H and O–H groups in total. The van der Waals surface area contributed by atoms with E-state index in [9.17, 15) is 14.9 Å². The average molecular weight is 452 g/mol. The molecule has 1 aromatic carbocycles. The zero-order valence-corrected chi connectivity index (χ0v) is 18.2. The van der Waals surface area contributed by atoms with Crippen molar-refractivity contribution in [1.82, 2.24) is 19.7 Å². The lowest BCUT2D eigenvalue weighted by Crippen LogP contribution is -2.30. The lowest BCUT2D eigenvalue weighted by Gasteiger charge is -2.27. The molecule has 11 heteroatoms. The van der Waals surface area contributed by atoms with E-state index in [2.05, 4.69) is 20.4 Å². The summed E-state index contributed by atoms with van der Waals surface area (Å²) in [5.41, 5.74) is 1.99. The number of nitro groups is 1. The maximum Gasteiger partial charge on any atom is 0.338 e. The first kappa shape index (κ1) is 21.5. The molecule has 4 rings (SSSR count). The highest BCUT2D eigenvalue weighted by molar-refractivity contribution is 7.98. The van der Waals surface area contributed by atoms with Gasteiger partial charge in [0.2, 0.25) is 11.1 Å². The van der Waals surface area contributed by atoms with Gasteiger partial charge < -0.3 is 10.1 Å². The molecule has 0 spiro atoms. The van der Waals surface area contributed by atoms with Crippen LogP contribution >= 0.6 is 11.8 Å². The second kappa shape index (κ2) is 9.18. The maximum absolute atomic E-state index is 12.8. The third-order valence-corrected chi connectivity index (χ3v) is 5.76. The summed E-state index contributed by atoms with van der Waals surface area (Å²) in [5, 5.41) is 19.9. The Balaban J connectivity index is 1.77. The van der Waals surface area contributed by atoms with Crippen LogP contribution in [0.5, 0.6) is 0 Å². The van der Waals surface area contributed by atoms with Crippen molar-refractivity contribution in [2.45, 2.75) is 30.8 Å². The Kier molecular flexibility index (Phi) is 6.17. The number of fused-ring (bicyclic) bond motifs is 1. The Morgan fingerprint density at radius 3 is 2.84 bits per heavy atom. The predicted molar refractivity (Wildman–Crippen MR) is 118 cm³/mol. The molecule has 0 aliphatic carbocycles. The molecule has 3 heterocycles. The van der Waals surface area contributed by atoms with Crippen molar-refractivity contribution in [3.05, 3.63) is 81.3 Å². The Morgan fingerprint density at radius 1 is 1.31 bits per heavy atom. The van der Waals surface area contributed by atoms with Crippen molar-refractivity contribution < 1.29 is 14.5 Å². The van der Waals surface area contributed by atoms with Gasteiger partial charge in [-0.25, -0.2) is 9.48 Å². The van der Waals surface area contributed by atoms with Crippen molar-refractivity contribution in [3.8, 4) is 0 Å². The zero-order chi connectivity index (χ0) is 22.7. The Hall–Kier alpha value is -3.73. The minimum atomic E-state index is -0.854. The van der Waals surface area contributed by atoms with Gasteiger partial charge in [0.25, 0.3) is 5.69 Å². The smallest absolute Gasteiger partial charge is 0.338 e. The number of aromatic nitrogens is 4. The summed E-state index contributed by atoms with van der Waals surface area (Å²) in [6.07, 6.45) is 3.47. The number of carbonyl (C=O) groups excluding carboxylic acids is 1. The van der Waals surface area contributed by atoms with E-state index in [0.717, 1.165) is 5.56 Å². The Morgan fingerprint density at radius 2 is 2.12 bits per heavy atom. The standard InChI is InChI=1S/C21H20N6O4S/c1-3-31-19(28)17-13(2)23-20-24-21(32-12-14-7-6-10-22-11-14)25-26(20)18(17)15-8-4-5-9-16(15)27(29)30/h4-11,18H,3,12H2,1-2H3,(H,23,24,25). The highest BCUT2D eigenvalue weighted by Gasteiger charge is 2.38. The van der Waals surface area contributed by atoms with Gasteiger partial charge in [-0.3, -0.25) is 15.1 Å². The van der Waals surface area contributed by atoms with Gasteiger partial charge in [0.05, 0.1) is 22.7 Å². The van der Waals surface area contributed by atoms with Crippen molar-refractivity contribution in [1.29, 1.82) is 0 Å². The van der Waals surface area contributed by atoms with E-state index in [0.29, 0.717) is 28.1 Å². The third-order valence-electron chi connectivity index (χ3n) is 4.85. The molecule has 2 aromatic heterocycles. The third kappa shape index (κ3) is 4.19. The van der Waals surface area contributed by atoms with E-state index in [-0.39, 0.29) is 17.9 Å². The van der Waals surface area contributed by atoms with Crippen molar-refractivity contribution in [2.75, 3.05) is 11.9 Å². The molecular formula is C21H20N6O4S. The predicted octanol–water partition coefficient (Wildman–Crippen LogP) is 3.73. The van der Waals surface area contributed by atoms with Gasteiger partial charge in [-0.2, -0.15) is 4.98 Å². The normalized spacial score (nSPS) is 15.1. The molecule has 1 unspecified atom stereocenters. The summed E-state index contributed by atoms with van der Waals surface area (Å²) >= 11 is 1.40. The lowest BCUT2D eigenvalue weighted by molar-refractivity contribution is -0.385. The van der Waals surface area contributed by atoms with Gasteiger partial charge in [-0.05, 0) is 31.5 Å². The monoisotopic (exact) mass is 452 g/mol. The number of benzene rings is 1. The fourth-order valence-electron chi connectivity index (χ4n) is 3.47. The number of allylic oxidation sites excluding steroid dienone is 1. The number of esters is 1. The van der Waals surface area contributed by atoms with Crippen LogP contribution in [0.4, 0.5) is 11.6 Å². The minimum Gasteiger partial charge on any atom is -0.463 e. The molecule has 0 saturated carbocycles. The van der Waals surface area contributed by atoms with Gasteiger partial charge in [0.1, 0.15) is 6.04 Å². The molecule has 164 valence electrons. The molecule has 1 aliphatic heterocycles. The lowest BCUT2D eigenvalue weighted by atomic mass is 9.94. The second-order valence-corrected chi connectivity index (χ2v) is 7.86. The van der Waals surface area contributed by atoms with E-state index in [1.54, 1.807) is 44.4 Å². The molecule has 3 aromatic rings. The first-order valence-electron chi connectivity index (χ1n) is 9.86. The van der Waals surface area contributed by atoms with Gasteiger partial charge in [-0.1, -0.05) is 30.0 Å². The average Bonchev–Trinajstić information content (AvgIpc) is 3.20. The number of hydrogen-bond acceptors (Lipinski definition) is 9. The molecular weight excluding hydrogens is 432 g/mol. The van der Waals surface area contributed by atoms with Gasteiger partial charge in [0, 0.05) is 29.9 Å². The van der Waals surface area contributed by atoms with Crippen LogP contribution in [0.1, 0.15) is 31.0 Å². The highest BCUT2D eigenvalue weighted by Crippen LogP contribution is 2.40. The number of nitrogens with zero attached hydrogens (tertiary/aromatic N) is 5. The van der Waals surface area contributed by atoms with E-state index >= 15 is 0 Å². The van der Waals surface area contributed by atoms with Crippen LogP contribution in [0.3, 0.4) is 0 Å². The maximum atomic E-state index is 12.8. The molecule has 1 aliphatic rings. The fraction of sp³-hybridized carbons (Fsp3) is 0.238. The van der Waals surface area contributed by atoms with Gasteiger partial charge in [-0.15, -0.1) is 5.10 Å². The number of anilines is 1. The number of nitrogens with one attached hydrogen (secondary N) is 1. The molecule has 32 heavy (non-hydrogen) atoms. The fourth-order valence-corrected chi connectivity index (χ4v) is 4.23. The number of carbonyl (C=O) groups is 1. The molecule has 0 bridgehead atoms. The van der Waals surface area contributed by atoms with E-state index < -0.39 is 16.9 Å². The largest absolute Gasteiger partial charge is 0.463 e. The number of nitro benzene ring substituents is 1. The van der Waals surface area contributed by atoms with Crippen molar-refractivity contribution in [3.63, 3.8) is 0 Å². The molecule has 0 amide bonds. The number of rotatable bonds is 7. The van der Waals surface area contributed by atoms with E-state index in [4.69, 9.17) is 4.74 Å². The summed E-state index contributed by atoms with van der Waals surface area (Å²) in [6, 6.07) is 9.25. The molecule has 10 nitrogen and oxygen atoms in total.